The predicted molar refractivity (Wildman–Crippen MR) is 83.7 cm³/mol. The lowest BCUT2D eigenvalue weighted by molar-refractivity contribution is 0.225. The molecule has 0 heterocycles. The standard InChI is InChI=1S/C17H26ClN/c1-4-19-17(14-7-5-6-12(2)10-14)16-9-8-15(18)11-13(16)3/h8-9,11-12,14,17,19H,4-7,10H2,1-3H3. The van der Waals surface area contributed by atoms with Gasteiger partial charge in [0.05, 0.1) is 0 Å². The molecule has 0 saturated heterocycles. The molecule has 1 nitrogen and oxygen atoms in total. The molecule has 1 aliphatic carbocycles. The first-order valence-corrected chi connectivity index (χ1v) is 7.99. The molecular formula is C17H26ClN. The van der Waals surface area contributed by atoms with Crippen LogP contribution in [0.2, 0.25) is 5.02 Å². The molecule has 0 aliphatic heterocycles. The average molecular weight is 280 g/mol. The van der Waals surface area contributed by atoms with Crippen molar-refractivity contribution in [2.24, 2.45) is 11.8 Å². The van der Waals surface area contributed by atoms with Crippen LogP contribution in [-0.2, 0) is 0 Å². The quantitative estimate of drug-likeness (QED) is 0.806. The number of nitrogens with one attached hydrogen (secondary N) is 1. The molecule has 1 saturated carbocycles. The van der Waals surface area contributed by atoms with Gasteiger partial charge in [0.2, 0.25) is 0 Å². The van der Waals surface area contributed by atoms with Crippen LogP contribution >= 0.6 is 11.6 Å². The normalized spacial score (nSPS) is 25.3. The van der Waals surface area contributed by atoms with E-state index < -0.39 is 0 Å². The molecule has 3 unspecified atom stereocenters. The topological polar surface area (TPSA) is 12.0 Å². The molecule has 0 radical (unpaired) electrons. The van der Waals surface area contributed by atoms with Gasteiger partial charge < -0.3 is 5.32 Å². The van der Waals surface area contributed by atoms with Crippen LogP contribution in [-0.4, -0.2) is 6.54 Å². The Morgan fingerprint density at radius 3 is 2.79 bits per heavy atom. The van der Waals surface area contributed by atoms with Crippen molar-refractivity contribution in [3.05, 3.63) is 34.3 Å². The Bertz CT molecular complexity index is 416. The SMILES string of the molecule is CCNC(c1ccc(Cl)cc1C)C1CCCC(C)C1. The van der Waals surface area contributed by atoms with E-state index in [1.807, 2.05) is 6.07 Å². The van der Waals surface area contributed by atoms with Gasteiger partial charge in [-0.05, 0) is 61.4 Å². The van der Waals surface area contributed by atoms with Gasteiger partial charge in [0.1, 0.15) is 0 Å². The number of aryl methyl sites for hydroxylation is 1. The zero-order valence-electron chi connectivity index (χ0n) is 12.4. The Kier molecular flexibility index (Phi) is 5.29. The van der Waals surface area contributed by atoms with E-state index in [1.54, 1.807) is 0 Å². The molecule has 0 bridgehead atoms. The molecule has 2 heteroatoms. The van der Waals surface area contributed by atoms with Gasteiger partial charge in [-0.15, -0.1) is 0 Å². The lowest BCUT2D eigenvalue weighted by Gasteiger charge is -2.34. The van der Waals surface area contributed by atoms with Crippen molar-refractivity contribution in [1.82, 2.24) is 5.32 Å². The van der Waals surface area contributed by atoms with Crippen molar-refractivity contribution in [2.45, 2.75) is 52.5 Å². The average Bonchev–Trinajstić information content (AvgIpc) is 2.37. The summed E-state index contributed by atoms with van der Waals surface area (Å²) in [4.78, 5) is 0. The summed E-state index contributed by atoms with van der Waals surface area (Å²) in [7, 11) is 0. The third-order valence-corrected chi connectivity index (χ3v) is 4.67. The maximum absolute atomic E-state index is 6.09. The van der Waals surface area contributed by atoms with Crippen molar-refractivity contribution in [1.29, 1.82) is 0 Å². The fourth-order valence-corrected chi connectivity index (χ4v) is 3.75. The second-order valence-electron chi connectivity index (χ2n) is 6.07. The van der Waals surface area contributed by atoms with Gasteiger partial charge in [-0.1, -0.05) is 44.4 Å². The fraction of sp³-hybridized carbons (Fsp3) is 0.647. The zero-order chi connectivity index (χ0) is 13.8. The highest BCUT2D eigenvalue weighted by molar-refractivity contribution is 6.30. The Balaban J connectivity index is 2.23. The molecule has 1 fully saturated rings. The van der Waals surface area contributed by atoms with E-state index in [2.05, 4.69) is 38.2 Å². The number of rotatable bonds is 4. The summed E-state index contributed by atoms with van der Waals surface area (Å²) >= 11 is 6.09. The van der Waals surface area contributed by atoms with Crippen LogP contribution in [0.25, 0.3) is 0 Å². The number of benzene rings is 1. The summed E-state index contributed by atoms with van der Waals surface area (Å²) in [6.45, 7) is 7.80. The minimum absolute atomic E-state index is 0.491. The minimum Gasteiger partial charge on any atom is -0.310 e. The Morgan fingerprint density at radius 1 is 1.37 bits per heavy atom. The van der Waals surface area contributed by atoms with E-state index in [4.69, 9.17) is 11.6 Å². The van der Waals surface area contributed by atoms with Crippen LogP contribution in [0, 0.1) is 18.8 Å². The first kappa shape index (κ1) is 14.9. The highest BCUT2D eigenvalue weighted by atomic mass is 35.5. The third kappa shape index (κ3) is 3.73. The molecule has 1 aliphatic rings. The molecule has 3 atom stereocenters. The Labute approximate surface area is 122 Å². The van der Waals surface area contributed by atoms with Crippen LogP contribution in [0.3, 0.4) is 0 Å². The van der Waals surface area contributed by atoms with Crippen LogP contribution in [0.4, 0.5) is 0 Å². The Morgan fingerprint density at radius 2 is 2.16 bits per heavy atom. The maximum Gasteiger partial charge on any atom is 0.0408 e. The summed E-state index contributed by atoms with van der Waals surface area (Å²) in [5.41, 5.74) is 2.75. The second-order valence-corrected chi connectivity index (χ2v) is 6.50. The summed E-state index contributed by atoms with van der Waals surface area (Å²) < 4.78 is 0. The molecule has 19 heavy (non-hydrogen) atoms. The second kappa shape index (κ2) is 6.76. The van der Waals surface area contributed by atoms with Crippen LogP contribution in [0.5, 0.6) is 0 Å². The van der Waals surface area contributed by atoms with E-state index in [9.17, 15) is 0 Å². The molecule has 106 valence electrons. The van der Waals surface area contributed by atoms with Crippen molar-refractivity contribution in [3.8, 4) is 0 Å². The molecule has 1 aromatic rings. The third-order valence-electron chi connectivity index (χ3n) is 4.44. The predicted octanol–water partition coefficient (Wildman–Crippen LogP) is 5.13. The van der Waals surface area contributed by atoms with E-state index in [1.165, 1.54) is 36.8 Å². The van der Waals surface area contributed by atoms with E-state index in [0.29, 0.717) is 6.04 Å². The van der Waals surface area contributed by atoms with Crippen LogP contribution in [0.15, 0.2) is 18.2 Å². The lowest BCUT2D eigenvalue weighted by atomic mass is 9.76. The van der Waals surface area contributed by atoms with Gasteiger partial charge in [-0.25, -0.2) is 0 Å². The van der Waals surface area contributed by atoms with Crippen LogP contribution < -0.4 is 5.32 Å². The maximum atomic E-state index is 6.09. The first-order valence-electron chi connectivity index (χ1n) is 7.61. The number of halogens is 1. The smallest absolute Gasteiger partial charge is 0.0408 e. The van der Waals surface area contributed by atoms with Gasteiger partial charge >= 0.3 is 0 Å². The van der Waals surface area contributed by atoms with Gasteiger partial charge in [0, 0.05) is 11.1 Å². The number of hydrogen-bond donors (Lipinski definition) is 1. The van der Waals surface area contributed by atoms with Crippen molar-refractivity contribution < 1.29 is 0 Å². The first-order chi connectivity index (χ1) is 9.11. The Hall–Kier alpha value is -0.530. The molecule has 1 aromatic carbocycles. The largest absolute Gasteiger partial charge is 0.310 e. The zero-order valence-corrected chi connectivity index (χ0v) is 13.1. The summed E-state index contributed by atoms with van der Waals surface area (Å²) in [6, 6.07) is 6.82. The molecular weight excluding hydrogens is 254 g/mol. The molecule has 0 amide bonds. The van der Waals surface area contributed by atoms with Gasteiger partial charge in [-0.3, -0.25) is 0 Å². The van der Waals surface area contributed by atoms with Crippen molar-refractivity contribution in [3.63, 3.8) is 0 Å². The summed E-state index contributed by atoms with van der Waals surface area (Å²) in [5, 5.41) is 4.55. The highest BCUT2D eigenvalue weighted by Gasteiger charge is 2.28. The fourth-order valence-electron chi connectivity index (χ4n) is 3.52. The molecule has 0 spiro atoms. The van der Waals surface area contributed by atoms with E-state index in [-0.39, 0.29) is 0 Å². The van der Waals surface area contributed by atoms with Gasteiger partial charge in [0.15, 0.2) is 0 Å². The molecule has 2 rings (SSSR count). The van der Waals surface area contributed by atoms with Crippen molar-refractivity contribution in [2.75, 3.05) is 6.54 Å². The summed E-state index contributed by atoms with van der Waals surface area (Å²) in [5.74, 6) is 1.64. The number of hydrogen-bond acceptors (Lipinski definition) is 1. The minimum atomic E-state index is 0.491. The molecule has 1 N–H and O–H groups in total. The van der Waals surface area contributed by atoms with E-state index in [0.717, 1.165) is 23.4 Å². The summed E-state index contributed by atoms with van der Waals surface area (Å²) in [6.07, 6.45) is 5.47. The van der Waals surface area contributed by atoms with Gasteiger partial charge in [-0.2, -0.15) is 0 Å². The highest BCUT2D eigenvalue weighted by Crippen LogP contribution is 2.38. The van der Waals surface area contributed by atoms with Crippen molar-refractivity contribution >= 4 is 11.6 Å². The van der Waals surface area contributed by atoms with Gasteiger partial charge in [0.25, 0.3) is 0 Å². The molecule has 0 aromatic heterocycles. The monoisotopic (exact) mass is 279 g/mol. The lowest BCUT2D eigenvalue weighted by Crippen LogP contribution is -2.31. The van der Waals surface area contributed by atoms with E-state index >= 15 is 0 Å². The van der Waals surface area contributed by atoms with Crippen LogP contribution in [0.1, 0.15) is 56.7 Å².